The number of hydrogen-bond donors (Lipinski definition) is 1. The summed E-state index contributed by atoms with van der Waals surface area (Å²) in [6, 6.07) is 6.76. The lowest BCUT2D eigenvalue weighted by Crippen LogP contribution is -1.88. The van der Waals surface area contributed by atoms with E-state index in [0.717, 1.165) is 6.21 Å². The predicted octanol–water partition coefficient (Wildman–Crippen LogP) is 2.76. The van der Waals surface area contributed by atoms with Crippen LogP contribution in [-0.4, -0.2) is 23.4 Å². The average molecular weight is 297 g/mol. The molecule has 0 saturated heterocycles. The van der Waals surface area contributed by atoms with E-state index in [1.54, 1.807) is 18.2 Å². The standard InChI is InChI=1S/C15H12FN5O/c1-19-9-12(16)3-2-4-14-20-15(22-21-14)11-5-10(8-17)6-13(18)7-11/h2-7,9H,18H2,1H3/b4-2+,12-3+,19-9?. The van der Waals surface area contributed by atoms with Gasteiger partial charge in [-0.1, -0.05) is 11.2 Å². The van der Waals surface area contributed by atoms with Crippen molar-refractivity contribution in [1.29, 1.82) is 5.26 Å². The van der Waals surface area contributed by atoms with Crippen LogP contribution in [0.1, 0.15) is 11.4 Å². The molecule has 1 aromatic carbocycles. The Hall–Kier alpha value is -3.27. The number of hydrogen-bond acceptors (Lipinski definition) is 6. The summed E-state index contributed by atoms with van der Waals surface area (Å²) in [6.07, 6.45) is 5.22. The van der Waals surface area contributed by atoms with Gasteiger partial charge in [0.1, 0.15) is 5.83 Å². The molecule has 0 atom stereocenters. The van der Waals surface area contributed by atoms with Gasteiger partial charge in [-0.15, -0.1) is 0 Å². The van der Waals surface area contributed by atoms with Gasteiger partial charge in [0.05, 0.1) is 17.8 Å². The summed E-state index contributed by atoms with van der Waals surface area (Å²) in [5, 5.41) is 12.7. The first-order valence-corrected chi connectivity index (χ1v) is 6.23. The molecule has 1 heterocycles. The summed E-state index contributed by atoms with van der Waals surface area (Å²) in [7, 11) is 1.48. The van der Waals surface area contributed by atoms with Gasteiger partial charge >= 0.3 is 0 Å². The second-order valence-electron chi connectivity index (χ2n) is 4.21. The van der Waals surface area contributed by atoms with Gasteiger partial charge in [-0.05, 0) is 30.4 Å². The molecular weight excluding hydrogens is 285 g/mol. The van der Waals surface area contributed by atoms with E-state index in [2.05, 4.69) is 15.1 Å². The van der Waals surface area contributed by atoms with Gasteiger partial charge in [0.15, 0.2) is 5.82 Å². The Bertz CT molecular complexity index is 799. The van der Waals surface area contributed by atoms with E-state index in [1.165, 1.54) is 25.3 Å². The highest BCUT2D eigenvalue weighted by Crippen LogP contribution is 2.22. The van der Waals surface area contributed by atoms with Crippen molar-refractivity contribution in [1.82, 2.24) is 10.1 Å². The van der Waals surface area contributed by atoms with Crippen LogP contribution >= 0.6 is 0 Å². The summed E-state index contributed by atoms with van der Waals surface area (Å²) in [5.74, 6) is 0.00778. The minimum absolute atomic E-state index is 0.225. The average Bonchev–Trinajstić information content (AvgIpc) is 2.96. The molecule has 0 unspecified atom stereocenters. The number of nitriles is 1. The zero-order valence-electron chi connectivity index (χ0n) is 11.7. The summed E-state index contributed by atoms with van der Waals surface area (Å²) < 4.78 is 18.1. The van der Waals surface area contributed by atoms with Crippen LogP contribution in [0.4, 0.5) is 10.1 Å². The van der Waals surface area contributed by atoms with Crippen molar-refractivity contribution >= 4 is 18.0 Å². The second kappa shape index (κ2) is 6.95. The van der Waals surface area contributed by atoms with Crippen molar-refractivity contribution in [3.8, 4) is 17.5 Å². The van der Waals surface area contributed by atoms with E-state index < -0.39 is 5.83 Å². The molecule has 0 bridgehead atoms. The number of rotatable bonds is 4. The Morgan fingerprint density at radius 1 is 1.45 bits per heavy atom. The maximum Gasteiger partial charge on any atom is 0.258 e. The van der Waals surface area contributed by atoms with Gasteiger partial charge < -0.3 is 10.3 Å². The van der Waals surface area contributed by atoms with Crippen LogP contribution in [0.3, 0.4) is 0 Å². The first-order valence-electron chi connectivity index (χ1n) is 6.23. The third-order valence-corrected chi connectivity index (χ3v) is 2.53. The van der Waals surface area contributed by atoms with Crippen molar-refractivity contribution in [2.45, 2.75) is 0 Å². The van der Waals surface area contributed by atoms with E-state index in [-0.39, 0.29) is 11.7 Å². The first-order chi connectivity index (χ1) is 10.6. The molecule has 2 aromatic rings. The number of nitrogens with zero attached hydrogens (tertiary/aromatic N) is 4. The normalized spacial score (nSPS) is 12.1. The molecule has 6 nitrogen and oxygen atoms in total. The summed E-state index contributed by atoms with van der Waals surface area (Å²) in [4.78, 5) is 7.66. The van der Waals surface area contributed by atoms with Crippen molar-refractivity contribution in [3.05, 3.63) is 47.6 Å². The molecule has 0 aliphatic carbocycles. The quantitative estimate of drug-likeness (QED) is 0.531. The minimum Gasteiger partial charge on any atom is -0.399 e. The molecule has 0 spiro atoms. The lowest BCUT2D eigenvalue weighted by Gasteiger charge is -1.97. The number of nitrogens with two attached hydrogens (primary N) is 1. The maximum absolute atomic E-state index is 13.1. The fourth-order valence-corrected chi connectivity index (χ4v) is 1.65. The van der Waals surface area contributed by atoms with Gasteiger partial charge in [0.25, 0.3) is 5.89 Å². The maximum atomic E-state index is 13.1. The fraction of sp³-hybridized carbons (Fsp3) is 0.0667. The van der Waals surface area contributed by atoms with E-state index in [4.69, 9.17) is 15.5 Å². The Kier molecular flexibility index (Phi) is 4.78. The molecule has 0 amide bonds. The van der Waals surface area contributed by atoms with Crippen LogP contribution in [0.25, 0.3) is 17.5 Å². The number of benzene rings is 1. The minimum atomic E-state index is -0.489. The molecule has 0 radical (unpaired) electrons. The number of aliphatic imine (C=N–C) groups is 1. The summed E-state index contributed by atoms with van der Waals surface area (Å²) >= 11 is 0. The van der Waals surface area contributed by atoms with Crippen LogP contribution in [-0.2, 0) is 0 Å². The topological polar surface area (TPSA) is 101 Å². The number of halogens is 1. The SMILES string of the molecule is CN=C/C(F)=C\C=C\c1noc(-c2cc(N)cc(C#N)c2)n1. The molecule has 0 aliphatic heterocycles. The fourth-order valence-electron chi connectivity index (χ4n) is 1.65. The zero-order chi connectivity index (χ0) is 15.9. The van der Waals surface area contributed by atoms with Crippen LogP contribution < -0.4 is 5.73 Å². The van der Waals surface area contributed by atoms with Gasteiger partial charge in [-0.25, -0.2) is 4.39 Å². The van der Waals surface area contributed by atoms with Gasteiger partial charge in [0.2, 0.25) is 0 Å². The monoisotopic (exact) mass is 297 g/mol. The molecule has 2 N–H and O–H groups in total. The highest BCUT2D eigenvalue weighted by molar-refractivity contribution is 5.76. The van der Waals surface area contributed by atoms with E-state index >= 15 is 0 Å². The number of allylic oxidation sites excluding steroid dienone is 3. The van der Waals surface area contributed by atoms with E-state index in [1.807, 2.05) is 6.07 Å². The largest absolute Gasteiger partial charge is 0.399 e. The molecule has 22 heavy (non-hydrogen) atoms. The lowest BCUT2D eigenvalue weighted by atomic mass is 10.1. The van der Waals surface area contributed by atoms with Crippen LogP contribution in [0.5, 0.6) is 0 Å². The van der Waals surface area contributed by atoms with Crippen molar-refractivity contribution in [3.63, 3.8) is 0 Å². The highest BCUT2D eigenvalue weighted by Gasteiger charge is 2.09. The third kappa shape index (κ3) is 3.86. The third-order valence-electron chi connectivity index (χ3n) is 2.53. The molecule has 110 valence electrons. The predicted molar refractivity (Wildman–Crippen MR) is 81.5 cm³/mol. The second-order valence-corrected chi connectivity index (χ2v) is 4.21. The highest BCUT2D eigenvalue weighted by atomic mass is 19.1. The Morgan fingerprint density at radius 2 is 2.27 bits per heavy atom. The van der Waals surface area contributed by atoms with Crippen molar-refractivity contribution in [2.24, 2.45) is 4.99 Å². The van der Waals surface area contributed by atoms with Crippen LogP contribution in [0.2, 0.25) is 0 Å². The van der Waals surface area contributed by atoms with Gasteiger partial charge in [0, 0.05) is 18.3 Å². The Balaban J connectivity index is 2.22. The van der Waals surface area contributed by atoms with Gasteiger partial charge in [-0.3, -0.25) is 4.99 Å². The zero-order valence-corrected chi connectivity index (χ0v) is 11.7. The van der Waals surface area contributed by atoms with E-state index in [0.29, 0.717) is 16.8 Å². The van der Waals surface area contributed by atoms with Crippen LogP contribution in [0, 0.1) is 11.3 Å². The number of aromatic nitrogens is 2. The molecule has 0 saturated carbocycles. The molecule has 2 rings (SSSR count). The molecular formula is C15H12FN5O. The Labute approximate surface area is 126 Å². The summed E-state index contributed by atoms with van der Waals surface area (Å²) in [6.45, 7) is 0. The lowest BCUT2D eigenvalue weighted by molar-refractivity contribution is 0.429. The molecule has 0 fully saturated rings. The molecule has 1 aromatic heterocycles. The smallest absolute Gasteiger partial charge is 0.258 e. The Morgan fingerprint density at radius 3 is 3.00 bits per heavy atom. The van der Waals surface area contributed by atoms with E-state index in [9.17, 15) is 4.39 Å². The summed E-state index contributed by atoms with van der Waals surface area (Å²) in [5.41, 5.74) is 7.07. The molecule has 7 heteroatoms. The van der Waals surface area contributed by atoms with Gasteiger partial charge in [-0.2, -0.15) is 10.2 Å². The number of anilines is 1. The first kappa shape index (κ1) is 15.1. The molecule has 0 aliphatic rings. The van der Waals surface area contributed by atoms with Crippen LogP contribution in [0.15, 0.2) is 45.7 Å². The van der Waals surface area contributed by atoms with Crippen molar-refractivity contribution in [2.75, 3.05) is 12.8 Å². The number of nitrogen functional groups attached to an aromatic ring is 1. The van der Waals surface area contributed by atoms with Crippen molar-refractivity contribution < 1.29 is 8.91 Å².